The van der Waals surface area contributed by atoms with Crippen molar-refractivity contribution in [2.75, 3.05) is 23.5 Å². The molecule has 1 aliphatic rings. The van der Waals surface area contributed by atoms with E-state index in [2.05, 4.69) is 21.0 Å². The Morgan fingerprint density at radius 2 is 1.79 bits per heavy atom. The largest absolute Gasteiger partial charge is 0.472 e. The number of rotatable bonds is 6. The predicted molar refractivity (Wildman–Crippen MR) is 133 cm³/mol. The van der Waals surface area contributed by atoms with Crippen LogP contribution in [-0.2, 0) is 4.79 Å². The lowest BCUT2D eigenvalue weighted by Gasteiger charge is -2.28. The van der Waals surface area contributed by atoms with Gasteiger partial charge in [-0.2, -0.15) is 30.0 Å². The van der Waals surface area contributed by atoms with Crippen molar-refractivity contribution in [3.63, 3.8) is 0 Å². The molecule has 5 nitrogen and oxygen atoms in total. The van der Waals surface area contributed by atoms with Gasteiger partial charge in [0.25, 0.3) is 0 Å². The summed E-state index contributed by atoms with van der Waals surface area (Å²) in [4.78, 5) is 25.8. The molecule has 0 aliphatic carbocycles. The Bertz CT molecular complexity index is 1080. The van der Waals surface area contributed by atoms with Crippen LogP contribution < -0.4 is 4.90 Å². The molecule has 0 N–H and O–H groups in total. The highest BCUT2D eigenvalue weighted by atomic mass is 79.9. The van der Waals surface area contributed by atoms with Crippen LogP contribution in [0.2, 0.25) is 5.02 Å². The number of urea groups is 1. The fraction of sp³-hybridized carbons (Fsp3) is 0.348. The Kier molecular flexibility index (Phi) is 8.36. The predicted octanol–water partition coefficient (Wildman–Crippen LogP) is 6.99. The molecule has 3 amide bonds. The van der Waals surface area contributed by atoms with E-state index in [1.54, 1.807) is 36.0 Å². The number of anilines is 1. The van der Waals surface area contributed by atoms with Crippen LogP contribution in [0.1, 0.15) is 25.3 Å². The van der Waals surface area contributed by atoms with E-state index in [0.29, 0.717) is 27.2 Å². The third kappa shape index (κ3) is 5.95. The molecule has 0 saturated heterocycles. The van der Waals surface area contributed by atoms with Crippen LogP contribution in [0.3, 0.4) is 0 Å². The molecule has 1 atom stereocenters. The number of hydrogen-bond acceptors (Lipinski definition) is 4. The van der Waals surface area contributed by atoms with Gasteiger partial charge in [0.05, 0.1) is 17.9 Å². The third-order valence-corrected chi connectivity index (χ3v) is 6.91. The maximum absolute atomic E-state index is 13.4. The molecule has 0 bridgehead atoms. The fourth-order valence-electron chi connectivity index (χ4n) is 3.76. The van der Waals surface area contributed by atoms with Crippen LogP contribution in [0.4, 0.5) is 23.7 Å². The van der Waals surface area contributed by atoms with E-state index in [0.717, 1.165) is 17.2 Å². The zero-order valence-electron chi connectivity index (χ0n) is 18.4. The topological polar surface area (TPSA) is 53.0 Å². The van der Waals surface area contributed by atoms with Gasteiger partial charge in [0.1, 0.15) is 0 Å². The maximum Gasteiger partial charge on any atom is 0.472 e. The van der Waals surface area contributed by atoms with Crippen molar-refractivity contribution in [3.05, 3.63) is 63.6 Å². The molecule has 11 heteroatoms. The Labute approximate surface area is 213 Å². The Morgan fingerprint density at radius 1 is 1.18 bits per heavy atom. The number of halogens is 5. The number of alkyl halides is 3. The second-order valence-corrected chi connectivity index (χ2v) is 10.4. The Morgan fingerprint density at radius 3 is 2.35 bits per heavy atom. The first-order valence-electron chi connectivity index (χ1n) is 10.3. The quantitative estimate of drug-likeness (QED) is 0.349. The highest BCUT2D eigenvalue weighted by molar-refractivity contribution is 9.10. The smallest absolute Gasteiger partial charge is 0.263 e. The molecule has 2 aromatic rings. The Hall–Kier alpha value is -2.04. The van der Waals surface area contributed by atoms with Crippen LogP contribution in [0.5, 0.6) is 0 Å². The van der Waals surface area contributed by atoms with Gasteiger partial charge < -0.3 is 0 Å². The van der Waals surface area contributed by atoms with Crippen molar-refractivity contribution in [2.45, 2.75) is 25.9 Å². The fourth-order valence-corrected chi connectivity index (χ4v) is 4.58. The van der Waals surface area contributed by atoms with Crippen LogP contribution in [0.25, 0.3) is 0 Å². The molecule has 1 heterocycles. The number of thioether (sulfide) groups is 1. The molecule has 182 valence electrons. The SMILES string of the molecule is CSCCCC1(C)CN(C(=O)N(C(=O)C(F)(F)F)c2ccc(Br)cc2)N=C1c1ccc(Cl)cc1. The van der Waals surface area contributed by atoms with Crippen molar-refractivity contribution < 1.29 is 22.8 Å². The van der Waals surface area contributed by atoms with Gasteiger partial charge in [-0.3, -0.25) is 4.79 Å². The molecular weight excluding hydrogens is 555 g/mol. The molecular formula is C23H22BrClF3N3O2S. The third-order valence-electron chi connectivity index (χ3n) is 5.43. The van der Waals surface area contributed by atoms with Gasteiger partial charge in [-0.05, 0) is 66.8 Å². The van der Waals surface area contributed by atoms with Crippen molar-refractivity contribution in [3.8, 4) is 0 Å². The standard InChI is InChI=1S/C23H22BrClF3N3O2S/c1-22(12-3-13-34-2)14-30(29-19(22)15-4-8-17(25)9-5-15)21(33)31(20(32)23(26,27)28)18-10-6-16(24)7-11-18/h4-11H,3,12-14H2,1-2H3. The van der Waals surface area contributed by atoms with E-state index < -0.39 is 23.5 Å². The first-order chi connectivity index (χ1) is 16.0. The van der Waals surface area contributed by atoms with E-state index >= 15 is 0 Å². The van der Waals surface area contributed by atoms with Crippen LogP contribution in [0, 0.1) is 5.41 Å². The first kappa shape index (κ1) is 26.6. The second kappa shape index (κ2) is 10.7. The summed E-state index contributed by atoms with van der Waals surface area (Å²) < 4.78 is 40.9. The van der Waals surface area contributed by atoms with Gasteiger partial charge in [0.15, 0.2) is 0 Å². The van der Waals surface area contributed by atoms with E-state index in [1.165, 1.54) is 24.3 Å². The van der Waals surface area contributed by atoms with E-state index in [1.807, 2.05) is 13.2 Å². The van der Waals surface area contributed by atoms with Crippen molar-refractivity contribution in [1.29, 1.82) is 0 Å². The monoisotopic (exact) mass is 575 g/mol. The molecule has 34 heavy (non-hydrogen) atoms. The second-order valence-electron chi connectivity index (χ2n) is 8.07. The average molecular weight is 577 g/mol. The summed E-state index contributed by atoms with van der Waals surface area (Å²) in [6.45, 7) is 1.96. The highest BCUT2D eigenvalue weighted by Gasteiger charge is 2.49. The first-order valence-corrected chi connectivity index (χ1v) is 12.8. The summed E-state index contributed by atoms with van der Waals surface area (Å²) in [6.07, 6.45) is -1.78. The number of hydrogen-bond donors (Lipinski definition) is 0. The number of carbonyl (C=O) groups excluding carboxylic acids is 2. The summed E-state index contributed by atoms with van der Waals surface area (Å²) >= 11 is 10.9. The van der Waals surface area contributed by atoms with E-state index in [-0.39, 0.29) is 17.1 Å². The normalized spacial score (nSPS) is 18.1. The molecule has 0 fully saturated rings. The van der Waals surface area contributed by atoms with E-state index in [4.69, 9.17) is 11.6 Å². The minimum absolute atomic E-state index is 0.0380. The van der Waals surface area contributed by atoms with Crippen molar-refractivity contribution in [2.24, 2.45) is 10.5 Å². The number of benzene rings is 2. The van der Waals surface area contributed by atoms with Gasteiger partial charge >= 0.3 is 18.1 Å². The molecule has 1 unspecified atom stereocenters. The zero-order chi connectivity index (χ0) is 25.1. The van der Waals surface area contributed by atoms with Crippen LogP contribution in [0.15, 0.2) is 58.1 Å². The summed E-state index contributed by atoms with van der Waals surface area (Å²) in [5.74, 6) is -1.39. The van der Waals surface area contributed by atoms with Crippen molar-refractivity contribution >= 4 is 62.6 Å². The minimum atomic E-state index is -5.24. The highest BCUT2D eigenvalue weighted by Crippen LogP contribution is 2.37. The lowest BCUT2D eigenvalue weighted by atomic mass is 9.78. The summed E-state index contributed by atoms with van der Waals surface area (Å²) in [5, 5.41) is 5.91. The van der Waals surface area contributed by atoms with Gasteiger partial charge in [-0.1, -0.05) is 46.6 Å². The molecule has 1 aliphatic heterocycles. The van der Waals surface area contributed by atoms with Gasteiger partial charge in [-0.25, -0.2) is 14.7 Å². The lowest BCUT2D eigenvalue weighted by Crippen LogP contribution is -2.50. The molecule has 0 spiro atoms. The average Bonchev–Trinajstić information content (AvgIpc) is 3.12. The molecule has 0 aromatic heterocycles. The minimum Gasteiger partial charge on any atom is -0.263 e. The Balaban J connectivity index is 2.02. The van der Waals surface area contributed by atoms with Crippen LogP contribution in [-0.4, -0.2) is 47.4 Å². The summed E-state index contributed by atoms with van der Waals surface area (Å²) in [6, 6.07) is 11.2. The number of imide groups is 1. The zero-order valence-corrected chi connectivity index (χ0v) is 21.6. The van der Waals surface area contributed by atoms with Gasteiger partial charge in [-0.15, -0.1) is 0 Å². The number of nitrogens with zero attached hydrogens (tertiary/aromatic N) is 3. The molecule has 3 rings (SSSR count). The molecule has 2 aromatic carbocycles. The number of carbonyl (C=O) groups is 2. The summed E-state index contributed by atoms with van der Waals surface area (Å²) in [5.41, 5.74) is 0.457. The molecule has 0 saturated carbocycles. The summed E-state index contributed by atoms with van der Waals surface area (Å²) in [7, 11) is 0. The van der Waals surface area contributed by atoms with Crippen LogP contribution >= 0.6 is 39.3 Å². The maximum atomic E-state index is 13.4. The number of hydrazone groups is 1. The lowest BCUT2D eigenvalue weighted by molar-refractivity contribution is -0.169. The van der Waals surface area contributed by atoms with Gasteiger partial charge in [0, 0.05) is 14.9 Å². The van der Waals surface area contributed by atoms with Gasteiger partial charge in [0.2, 0.25) is 0 Å². The number of amides is 3. The van der Waals surface area contributed by atoms with E-state index in [9.17, 15) is 22.8 Å². The van der Waals surface area contributed by atoms with Crippen molar-refractivity contribution in [1.82, 2.24) is 5.01 Å². The molecule has 0 radical (unpaired) electrons.